The van der Waals surface area contributed by atoms with E-state index in [1.54, 1.807) is 4.90 Å². The molecule has 0 N–H and O–H groups in total. The summed E-state index contributed by atoms with van der Waals surface area (Å²) in [6.45, 7) is 11.1. The highest BCUT2D eigenvalue weighted by atomic mass is 16.2. The molecule has 3 heterocycles. The molecular formula is C43H64N2O7. The number of imide groups is 1. The molecule has 3 aliphatic heterocycles. The number of fused-ring (bicyclic) bond motifs is 5. The van der Waals surface area contributed by atoms with Crippen molar-refractivity contribution >= 4 is 40.9 Å². The highest BCUT2D eigenvalue weighted by molar-refractivity contribution is 6.38. The van der Waals surface area contributed by atoms with E-state index in [0.717, 1.165) is 70.6 Å². The Labute approximate surface area is 311 Å². The van der Waals surface area contributed by atoms with E-state index in [-0.39, 0.29) is 108 Å². The third-order valence-corrected chi connectivity index (χ3v) is 14.3. The van der Waals surface area contributed by atoms with Crippen LogP contribution in [0.5, 0.6) is 0 Å². The van der Waals surface area contributed by atoms with Gasteiger partial charge in [-0.3, -0.25) is 38.5 Å². The molecule has 9 heteroatoms. The summed E-state index contributed by atoms with van der Waals surface area (Å²) in [5.74, 6) is -2.35. The Balaban J connectivity index is 1.19. The van der Waals surface area contributed by atoms with Gasteiger partial charge in [0.1, 0.15) is 5.78 Å². The minimum absolute atomic E-state index is 0.00446. The van der Waals surface area contributed by atoms with Crippen molar-refractivity contribution in [1.82, 2.24) is 9.80 Å². The molecule has 0 aromatic rings. The molecule has 3 aliphatic carbocycles. The van der Waals surface area contributed by atoms with Gasteiger partial charge >= 0.3 is 0 Å². The summed E-state index contributed by atoms with van der Waals surface area (Å²) in [5, 5.41) is 0. The molecule has 288 valence electrons. The van der Waals surface area contributed by atoms with Crippen LogP contribution in [0.3, 0.4) is 0 Å². The lowest BCUT2D eigenvalue weighted by Crippen LogP contribution is -2.50. The number of hydrogen-bond acceptors (Lipinski definition) is 7. The van der Waals surface area contributed by atoms with E-state index >= 15 is 0 Å². The summed E-state index contributed by atoms with van der Waals surface area (Å²) < 4.78 is 0. The SMILES string of the molecule is CC(C)(C)[C@H](CC(=O)C[C@H]1CCCCCCCCC[C@@H](C(=O)C(=O)CC2CC2)CC(=O)[C@@H]2[C@@H]3[C@H](CN2C1=O)C3(C)C)CN1C(=O)C2CCC(C2)C1=O. The maximum atomic E-state index is 14.6. The lowest BCUT2D eigenvalue weighted by atomic mass is 9.76. The van der Waals surface area contributed by atoms with Gasteiger partial charge in [0, 0.05) is 62.4 Å². The van der Waals surface area contributed by atoms with E-state index in [1.165, 1.54) is 4.90 Å². The Bertz CT molecular complexity index is 1420. The molecule has 3 saturated heterocycles. The van der Waals surface area contributed by atoms with Crippen LogP contribution >= 0.6 is 0 Å². The maximum absolute atomic E-state index is 14.6. The molecule has 9 nitrogen and oxygen atoms in total. The largest absolute Gasteiger partial charge is 0.332 e. The van der Waals surface area contributed by atoms with Crippen molar-refractivity contribution < 1.29 is 33.6 Å². The van der Waals surface area contributed by atoms with Crippen LogP contribution in [0.1, 0.15) is 150 Å². The lowest BCUT2D eigenvalue weighted by molar-refractivity contribution is -0.154. The number of carbonyl (C=O) groups excluding carboxylic acids is 7. The molecule has 2 bridgehead atoms. The van der Waals surface area contributed by atoms with E-state index in [4.69, 9.17) is 0 Å². The first-order chi connectivity index (χ1) is 24.6. The zero-order valence-electron chi connectivity index (χ0n) is 32.6. The van der Waals surface area contributed by atoms with Crippen LogP contribution in [-0.4, -0.2) is 69.8 Å². The van der Waals surface area contributed by atoms with Crippen LogP contribution in [-0.2, 0) is 33.6 Å². The summed E-state index contributed by atoms with van der Waals surface area (Å²) in [7, 11) is 0. The second kappa shape index (κ2) is 15.6. The Morgan fingerprint density at radius 2 is 1.37 bits per heavy atom. The molecule has 3 amide bonds. The third kappa shape index (κ3) is 8.48. The number of Topliss-reactive ketones (excluding diaryl/α,β-unsaturated/α-hetero) is 4. The zero-order chi connectivity index (χ0) is 37.5. The van der Waals surface area contributed by atoms with Crippen molar-refractivity contribution in [2.45, 2.75) is 156 Å². The van der Waals surface area contributed by atoms with Crippen molar-refractivity contribution in [3.8, 4) is 0 Å². The van der Waals surface area contributed by atoms with Crippen LogP contribution in [0.25, 0.3) is 0 Å². The molecule has 52 heavy (non-hydrogen) atoms. The second-order valence-corrected chi connectivity index (χ2v) is 19.4. The van der Waals surface area contributed by atoms with E-state index < -0.39 is 23.7 Å². The Morgan fingerprint density at radius 1 is 0.769 bits per heavy atom. The number of amides is 3. The summed E-state index contributed by atoms with van der Waals surface area (Å²) in [6.07, 6.45) is 12.4. The maximum Gasteiger partial charge on any atom is 0.232 e. The Hall–Kier alpha value is -2.71. The molecule has 3 saturated carbocycles. The first kappa shape index (κ1) is 39.0. The highest BCUT2D eigenvalue weighted by Gasteiger charge is 2.69. The molecular weight excluding hydrogens is 656 g/mol. The van der Waals surface area contributed by atoms with Gasteiger partial charge in [0.2, 0.25) is 23.5 Å². The number of likely N-dealkylation sites (tertiary alicyclic amines) is 1. The van der Waals surface area contributed by atoms with Crippen LogP contribution in [0.15, 0.2) is 0 Å². The third-order valence-electron chi connectivity index (χ3n) is 14.3. The zero-order valence-corrected chi connectivity index (χ0v) is 32.6. The quantitative estimate of drug-likeness (QED) is 0.177. The fourth-order valence-corrected chi connectivity index (χ4v) is 10.4. The van der Waals surface area contributed by atoms with Crippen LogP contribution in [0.4, 0.5) is 0 Å². The summed E-state index contributed by atoms with van der Waals surface area (Å²) in [5.41, 5.74) is -0.433. The van der Waals surface area contributed by atoms with Gasteiger partial charge in [-0.05, 0) is 79.4 Å². The van der Waals surface area contributed by atoms with Crippen molar-refractivity contribution in [1.29, 1.82) is 0 Å². The van der Waals surface area contributed by atoms with Crippen LogP contribution < -0.4 is 0 Å². The number of carbonyl (C=O) groups is 7. The normalized spacial score (nSPS) is 33.4. The standard InChI is InChI=1S/C43H64N2O7/c1-42(2,3)31(24-45-40(51)29-17-18-30(20-29)41(45)52)23-32(46)21-28-14-12-10-8-6-7-9-11-13-27(38(49)35(48)19-26-15-16-26)22-34(47)37-36-33(43(36,4)5)25-44(37)39(28)50/h26-31,33,36-37H,6-25H2,1-5H3/t27-,28-,29?,30?,31-,33+,36+,37-/m1/s1. The molecule has 0 aromatic heterocycles. The average molecular weight is 721 g/mol. The van der Waals surface area contributed by atoms with E-state index in [2.05, 4.69) is 13.8 Å². The number of hydrogen-bond donors (Lipinski definition) is 0. The molecule has 2 unspecified atom stereocenters. The average Bonchev–Trinajstić information content (AvgIpc) is 3.82. The second-order valence-electron chi connectivity index (χ2n) is 19.4. The summed E-state index contributed by atoms with van der Waals surface area (Å²) >= 11 is 0. The van der Waals surface area contributed by atoms with Crippen molar-refractivity contribution in [3.63, 3.8) is 0 Å². The van der Waals surface area contributed by atoms with E-state index in [9.17, 15) is 33.6 Å². The fourth-order valence-electron chi connectivity index (χ4n) is 10.4. The van der Waals surface area contributed by atoms with Gasteiger partial charge in [-0.2, -0.15) is 0 Å². The minimum Gasteiger partial charge on any atom is -0.332 e. The number of nitrogens with zero attached hydrogens (tertiary/aromatic N) is 2. The topological polar surface area (TPSA) is 126 Å². The lowest BCUT2D eigenvalue weighted by Gasteiger charge is -2.38. The van der Waals surface area contributed by atoms with Crippen molar-refractivity contribution in [3.05, 3.63) is 0 Å². The van der Waals surface area contributed by atoms with Gasteiger partial charge in [0.05, 0.1) is 6.04 Å². The number of ketones is 4. The monoisotopic (exact) mass is 720 g/mol. The molecule has 6 fully saturated rings. The Morgan fingerprint density at radius 3 is 1.96 bits per heavy atom. The van der Waals surface area contributed by atoms with Gasteiger partial charge in [0.25, 0.3) is 0 Å². The van der Waals surface area contributed by atoms with E-state index in [0.29, 0.717) is 31.7 Å². The van der Waals surface area contributed by atoms with Crippen molar-refractivity contribution in [2.24, 2.45) is 58.2 Å². The van der Waals surface area contributed by atoms with Gasteiger partial charge in [0.15, 0.2) is 11.6 Å². The van der Waals surface area contributed by atoms with Gasteiger partial charge < -0.3 is 4.90 Å². The minimum atomic E-state index is -0.638. The first-order valence-electron chi connectivity index (χ1n) is 20.8. The fraction of sp³-hybridized carbons (Fsp3) is 0.837. The number of rotatable bonds is 10. The predicted octanol–water partition coefficient (Wildman–Crippen LogP) is 6.92. The van der Waals surface area contributed by atoms with Gasteiger partial charge in [-0.1, -0.05) is 79.6 Å². The molecule has 0 radical (unpaired) electrons. The number of piperidine rings is 2. The van der Waals surface area contributed by atoms with Gasteiger partial charge in [-0.25, -0.2) is 0 Å². The molecule has 8 atom stereocenters. The highest BCUT2D eigenvalue weighted by Crippen LogP contribution is 2.65. The first-order valence-corrected chi connectivity index (χ1v) is 20.8. The van der Waals surface area contributed by atoms with E-state index in [1.807, 2.05) is 20.8 Å². The Kier molecular flexibility index (Phi) is 11.7. The van der Waals surface area contributed by atoms with Gasteiger partial charge in [-0.15, -0.1) is 0 Å². The van der Waals surface area contributed by atoms with Crippen LogP contribution in [0.2, 0.25) is 0 Å². The predicted molar refractivity (Wildman–Crippen MR) is 197 cm³/mol. The van der Waals surface area contributed by atoms with Crippen molar-refractivity contribution in [2.75, 3.05) is 13.1 Å². The molecule has 0 aromatic carbocycles. The molecule has 6 rings (SSSR count). The molecule has 6 aliphatic rings. The summed E-state index contributed by atoms with van der Waals surface area (Å²) in [4.78, 5) is 99.0. The molecule has 0 spiro atoms. The summed E-state index contributed by atoms with van der Waals surface area (Å²) in [6, 6.07) is -0.638. The smallest absolute Gasteiger partial charge is 0.232 e. The van der Waals surface area contributed by atoms with Crippen LogP contribution in [0, 0.1) is 58.2 Å².